The normalized spacial score (nSPS) is 25.6. The predicted octanol–water partition coefficient (Wildman–Crippen LogP) is 5.15. The van der Waals surface area contributed by atoms with Crippen molar-refractivity contribution >= 4 is 17.5 Å². The molecule has 0 spiro atoms. The van der Waals surface area contributed by atoms with Gasteiger partial charge in [-0.25, -0.2) is 8.78 Å². The Hall–Kier alpha value is -2.01. The zero-order valence-electron chi connectivity index (χ0n) is 22.5. The van der Waals surface area contributed by atoms with Crippen molar-refractivity contribution in [2.75, 3.05) is 13.1 Å². The van der Waals surface area contributed by atoms with E-state index in [0.717, 1.165) is 18.2 Å². The number of pyridine rings is 1. The molecule has 3 nitrogen and oxygen atoms in total. The smallest absolute Gasteiger partial charge is 0.253 e. The van der Waals surface area contributed by atoms with Crippen molar-refractivity contribution in [2.24, 2.45) is 0 Å². The number of halogens is 3. The molecular weight excluding hydrogens is 370 g/mol. The van der Waals surface area contributed by atoms with Crippen LogP contribution in [0.2, 0.25) is 5.02 Å². The van der Waals surface area contributed by atoms with Crippen LogP contribution in [0.25, 0.3) is 0 Å². The van der Waals surface area contributed by atoms with Gasteiger partial charge in [0, 0.05) is 41.5 Å². The zero-order chi connectivity index (χ0) is 26.6. The Bertz CT molecular complexity index is 1110. The minimum absolute atomic E-state index is 0.181. The highest BCUT2D eigenvalue weighted by Crippen LogP contribution is 2.32. The molecule has 0 radical (unpaired) electrons. The fraction of sp³-hybridized carbons (Fsp3) is 0.429. The van der Waals surface area contributed by atoms with Crippen LogP contribution in [0.1, 0.15) is 58.1 Å². The summed E-state index contributed by atoms with van der Waals surface area (Å²) >= 11 is 5.69. The predicted molar refractivity (Wildman–Crippen MR) is 102 cm³/mol. The van der Waals surface area contributed by atoms with Crippen molar-refractivity contribution in [3.8, 4) is 0 Å². The molecule has 0 saturated carbocycles. The number of aryl methyl sites for hydroxylation is 2. The number of hydrogen-bond acceptors (Lipinski definition) is 2. The molecule has 0 atom stereocenters. The van der Waals surface area contributed by atoms with Gasteiger partial charge in [0.1, 0.15) is 11.5 Å². The van der Waals surface area contributed by atoms with Crippen molar-refractivity contribution < 1.29 is 24.5 Å². The minimum Gasteiger partial charge on any atom is -0.338 e. The van der Waals surface area contributed by atoms with Gasteiger partial charge in [-0.15, -0.1) is 0 Å². The van der Waals surface area contributed by atoms with Crippen LogP contribution < -0.4 is 0 Å². The monoisotopic (exact) mass is 400 g/mol. The lowest BCUT2D eigenvalue weighted by atomic mass is 9.87. The maximum Gasteiger partial charge on any atom is 0.253 e. The number of piperidine rings is 1. The zero-order valence-corrected chi connectivity index (χ0v) is 15.3. The number of amides is 1. The fourth-order valence-electron chi connectivity index (χ4n) is 2.44. The molecule has 0 aliphatic carbocycles. The van der Waals surface area contributed by atoms with Gasteiger partial charge in [-0.2, -0.15) is 0 Å². The molecule has 27 heavy (non-hydrogen) atoms. The molecule has 2 heterocycles. The Balaban J connectivity index is 1.95. The third-order valence-corrected chi connectivity index (χ3v) is 4.28. The van der Waals surface area contributed by atoms with Crippen molar-refractivity contribution in [1.82, 2.24) is 9.88 Å². The molecule has 1 amide bonds. The number of nitrogens with zero attached hydrogens (tertiary/aromatic N) is 2. The second kappa shape index (κ2) is 8.34. The average Bonchev–Trinajstić information content (AvgIpc) is 2.72. The number of hydrogen-bond donors (Lipinski definition) is 0. The number of likely N-dealkylation sites (tertiary alicyclic amines) is 1. The number of rotatable bonds is 5. The van der Waals surface area contributed by atoms with Gasteiger partial charge in [-0.05, 0) is 68.7 Å². The van der Waals surface area contributed by atoms with Crippen LogP contribution >= 0.6 is 11.6 Å². The Kier molecular flexibility index (Phi) is 3.63. The first-order valence-corrected chi connectivity index (χ1v) is 8.59. The van der Waals surface area contributed by atoms with Gasteiger partial charge in [-0.1, -0.05) is 17.7 Å². The second-order valence-corrected chi connectivity index (χ2v) is 6.46. The largest absolute Gasteiger partial charge is 0.338 e. The van der Waals surface area contributed by atoms with E-state index < -0.39 is 62.4 Å². The average molecular weight is 401 g/mol. The molecule has 1 fully saturated rings. The van der Waals surface area contributed by atoms with Crippen molar-refractivity contribution in [1.29, 1.82) is 0 Å². The summed E-state index contributed by atoms with van der Waals surface area (Å²) in [6.45, 7) is -0.343. The van der Waals surface area contributed by atoms with Crippen molar-refractivity contribution in [3.05, 3.63) is 64.2 Å². The van der Waals surface area contributed by atoms with Crippen molar-refractivity contribution in [3.63, 3.8) is 0 Å². The van der Waals surface area contributed by atoms with Crippen LogP contribution in [0.4, 0.5) is 8.78 Å². The van der Waals surface area contributed by atoms with E-state index in [4.69, 9.17) is 22.6 Å². The van der Waals surface area contributed by atoms with E-state index in [0.29, 0.717) is 10.5 Å². The van der Waals surface area contributed by atoms with Gasteiger partial charge < -0.3 is 4.90 Å². The third kappa shape index (κ3) is 5.04. The molecule has 1 aliphatic heterocycles. The summed E-state index contributed by atoms with van der Waals surface area (Å²) in [5.74, 6) is -1.75. The lowest BCUT2D eigenvalue weighted by molar-refractivity contribution is 0.0389. The molecule has 6 heteroatoms. The highest BCUT2D eigenvalue weighted by Gasteiger charge is 2.35. The summed E-state index contributed by atoms with van der Waals surface area (Å²) in [5, 5.41) is -0.387. The van der Waals surface area contributed by atoms with Gasteiger partial charge >= 0.3 is 0 Å². The van der Waals surface area contributed by atoms with E-state index in [-0.39, 0.29) is 16.3 Å². The highest BCUT2D eigenvalue weighted by molar-refractivity contribution is 6.31. The van der Waals surface area contributed by atoms with Crippen LogP contribution in [0.3, 0.4) is 0 Å². The summed E-state index contributed by atoms with van der Waals surface area (Å²) in [7, 11) is 0. The maximum atomic E-state index is 16.5. The number of alkyl halides is 1. The summed E-state index contributed by atoms with van der Waals surface area (Å²) in [6.07, 6.45) is -12.3. The first kappa shape index (κ1) is 11.7. The molecule has 0 bridgehead atoms. The van der Waals surface area contributed by atoms with Gasteiger partial charge in [0.05, 0.1) is 5.02 Å². The fourth-order valence-corrected chi connectivity index (χ4v) is 2.62. The molecule has 0 N–H and O–H groups in total. The van der Waals surface area contributed by atoms with Crippen LogP contribution in [0.15, 0.2) is 36.5 Å². The standard InChI is InChI=1S/C21H23ClF2N2O/c1-15-4-6-17(25-14-15)3-2-8-21(24)9-11-26(12-10-21)20(27)16-5-7-19(23)18(22)13-16/h4-7,13-14H,2-3,8-12H2,1H3/i3D2,8D2,9D2,10D2. The van der Waals surface area contributed by atoms with Crippen LogP contribution in [0.5, 0.6) is 0 Å². The Morgan fingerprint density at radius 2 is 2.11 bits per heavy atom. The summed E-state index contributed by atoms with van der Waals surface area (Å²) in [6, 6.07) is 5.78. The maximum absolute atomic E-state index is 16.5. The number of aromatic nitrogens is 1. The first-order valence-electron chi connectivity index (χ1n) is 12.2. The molecule has 1 aromatic heterocycles. The summed E-state index contributed by atoms with van der Waals surface area (Å²) < 4.78 is 96.3. The van der Waals surface area contributed by atoms with E-state index in [9.17, 15) is 9.18 Å². The molecule has 0 unspecified atom stereocenters. The van der Waals surface area contributed by atoms with Crippen molar-refractivity contribution in [2.45, 2.75) is 44.5 Å². The van der Waals surface area contributed by atoms with Gasteiger partial charge in [0.2, 0.25) is 0 Å². The number of carbonyl (C=O) groups excluding carboxylic acids is 1. The molecule has 1 aromatic carbocycles. The van der Waals surface area contributed by atoms with Gasteiger partial charge in [-0.3, -0.25) is 9.78 Å². The topological polar surface area (TPSA) is 33.2 Å². The van der Waals surface area contributed by atoms with Gasteiger partial charge in [0.15, 0.2) is 0 Å². The number of carbonyl (C=O) groups is 1. The molecule has 1 saturated heterocycles. The highest BCUT2D eigenvalue weighted by atomic mass is 35.5. The van der Waals surface area contributed by atoms with E-state index in [1.807, 2.05) is 0 Å². The lowest BCUT2D eigenvalue weighted by Crippen LogP contribution is -2.44. The van der Waals surface area contributed by atoms with E-state index >= 15 is 4.39 Å². The minimum atomic E-state index is -3.84. The van der Waals surface area contributed by atoms with Crippen LogP contribution in [-0.4, -0.2) is 34.5 Å². The molecular formula is C21H23ClF2N2O. The summed E-state index contributed by atoms with van der Waals surface area (Å²) in [5.41, 5.74) is -3.53. The summed E-state index contributed by atoms with van der Waals surface area (Å²) in [4.78, 5) is 17.5. The second-order valence-electron chi connectivity index (χ2n) is 6.05. The van der Waals surface area contributed by atoms with Crippen LogP contribution in [-0.2, 0) is 6.37 Å². The Morgan fingerprint density at radius 3 is 2.74 bits per heavy atom. The first-order chi connectivity index (χ1) is 15.8. The quantitative estimate of drug-likeness (QED) is 0.695. The Morgan fingerprint density at radius 1 is 1.37 bits per heavy atom. The van der Waals surface area contributed by atoms with E-state index in [1.54, 1.807) is 6.92 Å². The van der Waals surface area contributed by atoms with E-state index in [1.165, 1.54) is 18.3 Å². The van der Waals surface area contributed by atoms with Gasteiger partial charge in [0.25, 0.3) is 5.91 Å². The van der Waals surface area contributed by atoms with E-state index in [2.05, 4.69) is 4.98 Å². The SMILES string of the molecule is [2H]C([2H])(CC([2H])([2H])C1(F)C([2H])([2H])CN(C(=O)c2ccc(F)c(Cl)c2)CC1([2H])[2H])c1ccc(C)cn1. The third-order valence-electron chi connectivity index (χ3n) is 3.99. The molecule has 1 aliphatic rings. The molecule has 144 valence electrons. The Labute approximate surface area is 174 Å². The van der Waals surface area contributed by atoms with Crippen LogP contribution in [0, 0.1) is 12.7 Å². The molecule has 3 rings (SSSR count). The lowest BCUT2D eigenvalue weighted by Gasteiger charge is -2.36. The number of benzene rings is 1. The molecule has 2 aromatic rings.